The first-order valence-corrected chi connectivity index (χ1v) is 10.8. The van der Waals surface area contributed by atoms with Crippen LogP contribution in [0.3, 0.4) is 0 Å². The molecule has 0 N–H and O–H groups in total. The Morgan fingerprint density at radius 1 is 1.28 bits per heavy atom. The van der Waals surface area contributed by atoms with Crippen molar-refractivity contribution in [2.45, 2.75) is 32.4 Å². The minimum atomic E-state index is -0.405. The zero-order valence-corrected chi connectivity index (χ0v) is 17.4. The van der Waals surface area contributed by atoms with E-state index < -0.39 is 5.76 Å². The Labute approximate surface area is 177 Å². The molecular formula is C21H20ClN3O3S. The second-order valence-electron chi connectivity index (χ2n) is 6.87. The van der Waals surface area contributed by atoms with Gasteiger partial charge in [0.15, 0.2) is 10.8 Å². The van der Waals surface area contributed by atoms with E-state index in [9.17, 15) is 9.59 Å². The molecule has 4 rings (SSSR count). The predicted octanol–water partition coefficient (Wildman–Crippen LogP) is 4.55. The number of carbonyl (C=O) groups excluding carboxylic acids is 1. The molecule has 2 heterocycles. The molecule has 3 aromatic rings. The smallest absolute Gasteiger partial charge is 0.408 e. The number of aromatic nitrogens is 1. The van der Waals surface area contributed by atoms with E-state index in [1.165, 1.54) is 0 Å². The monoisotopic (exact) mass is 429 g/mol. The van der Waals surface area contributed by atoms with Crippen LogP contribution in [0.4, 0.5) is 5.69 Å². The fraction of sp³-hybridized carbons (Fsp3) is 0.286. The van der Waals surface area contributed by atoms with Gasteiger partial charge in [0.2, 0.25) is 5.91 Å². The van der Waals surface area contributed by atoms with Crippen LogP contribution in [0.2, 0.25) is 5.02 Å². The van der Waals surface area contributed by atoms with Gasteiger partial charge in [0.1, 0.15) is 0 Å². The first kappa shape index (κ1) is 19.8. The molecule has 6 nitrogen and oxygen atoms in total. The molecule has 0 aliphatic carbocycles. The number of amidine groups is 1. The third-order valence-corrected chi connectivity index (χ3v) is 6.10. The third-order valence-electron chi connectivity index (χ3n) is 4.66. The number of nitrogens with zero attached hydrogens (tertiary/aromatic N) is 3. The first-order chi connectivity index (χ1) is 14.0. The van der Waals surface area contributed by atoms with Gasteiger partial charge >= 0.3 is 5.76 Å². The molecule has 1 aliphatic heterocycles. The van der Waals surface area contributed by atoms with Crippen molar-refractivity contribution in [2.24, 2.45) is 4.99 Å². The number of amides is 1. The summed E-state index contributed by atoms with van der Waals surface area (Å²) in [6, 6.07) is 14.6. The molecule has 29 heavy (non-hydrogen) atoms. The van der Waals surface area contributed by atoms with E-state index in [1.807, 2.05) is 37.3 Å². The molecule has 2 aromatic carbocycles. The second kappa shape index (κ2) is 8.47. The Bertz CT molecular complexity index is 1120. The summed E-state index contributed by atoms with van der Waals surface area (Å²) in [7, 11) is 0. The highest BCUT2D eigenvalue weighted by Crippen LogP contribution is 2.27. The maximum atomic E-state index is 13.1. The SMILES string of the molecule is C[C@H]1CSC(N(C(=O)CCCn2c(=O)oc3ccccc32)c2ccc(Cl)cc2)=N1. The number of halogens is 1. The molecule has 0 bridgehead atoms. The molecule has 0 unspecified atom stereocenters. The lowest BCUT2D eigenvalue weighted by Gasteiger charge is -2.22. The molecule has 0 saturated carbocycles. The van der Waals surface area contributed by atoms with Crippen LogP contribution in [0.15, 0.2) is 62.7 Å². The first-order valence-electron chi connectivity index (χ1n) is 9.40. The molecule has 0 saturated heterocycles. The van der Waals surface area contributed by atoms with E-state index >= 15 is 0 Å². The van der Waals surface area contributed by atoms with E-state index in [1.54, 1.807) is 39.4 Å². The number of aryl methyl sites for hydroxylation is 1. The van der Waals surface area contributed by atoms with Crippen LogP contribution in [0.25, 0.3) is 11.1 Å². The Balaban J connectivity index is 1.51. The molecule has 1 amide bonds. The lowest BCUT2D eigenvalue weighted by molar-refractivity contribution is -0.117. The molecule has 0 radical (unpaired) electrons. The Hall–Kier alpha value is -2.51. The van der Waals surface area contributed by atoms with Crippen molar-refractivity contribution in [3.63, 3.8) is 0 Å². The maximum absolute atomic E-state index is 13.1. The molecule has 1 aliphatic rings. The highest BCUT2D eigenvalue weighted by molar-refractivity contribution is 8.14. The normalized spacial score (nSPS) is 16.2. The van der Waals surface area contributed by atoms with Crippen LogP contribution in [-0.4, -0.2) is 27.4 Å². The molecule has 8 heteroatoms. The summed E-state index contributed by atoms with van der Waals surface area (Å²) in [5.74, 6) is 0.384. The number of benzene rings is 2. The van der Waals surface area contributed by atoms with E-state index in [-0.39, 0.29) is 18.4 Å². The average molecular weight is 430 g/mol. The van der Waals surface area contributed by atoms with Crippen molar-refractivity contribution in [1.82, 2.24) is 4.57 Å². The van der Waals surface area contributed by atoms with Gasteiger partial charge < -0.3 is 4.42 Å². The van der Waals surface area contributed by atoms with Crippen molar-refractivity contribution in [3.05, 3.63) is 64.1 Å². The van der Waals surface area contributed by atoms with Gasteiger partial charge in [0, 0.05) is 23.7 Å². The number of fused-ring (bicyclic) bond motifs is 1. The topological polar surface area (TPSA) is 67.8 Å². The van der Waals surface area contributed by atoms with Crippen LogP contribution in [0, 0.1) is 0 Å². The van der Waals surface area contributed by atoms with Crippen molar-refractivity contribution < 1.29 is 9.21 Å². The summed E-state index contributed by atoms with van der Waals surface area (Å²) in [6.07, 6.45) is 0.794. The predicted molar refractivity (Wildman–Crippen MR) is 118 cm³/mol. The summed E-state index contributed by atoms with van der Waals surface area (Å²) in [5, 5.41) is 1.32. The third kappa shape index (κ3) is 4.26. The molecule has 150 valence electrons. The van der Waals surface area contributed by atoms with Gasteiger partial charge in [-0.1, -0.05) is 35.5 Å². The highest BCUT2D eigenvalue weighted by atomic mass is 35.5. The number of aliphatic imine (C=N–C) groups is 1. The summed E-state index contributed by atoms with van der Waals surface area (Å²) in [4.78, 5) is 31.5. The summed E-state index contributed by atoms with van der Waals surface area (Å²) < 4.78 is 6.82. The van der Waals surface area contributed by atoms with Gasteiger partial charge in [-0.25, -0.2) is 4.79 Å². The van der Waals surface area contributed by atoms with E-state index in [4.69, 9.17) is 16.0 Å². The zero-order valence-electron chi connectivity index (χ0n) is 15.9. The van der Waals surface area contributed by atoms with Crippen molar-refractivity contribution >= 4 is 51.2 Å². The van der Waals surface area contributed by atoms with Crippen LogP contribution in [0.5, 0.6) is 0 Å². The van der Waals surface area contributed by atoms with E-state index in [0.717, 1.165) is 17.0 Å². The number of para-hydroxylation sites is 2. The molecule has 0 fully saturated rings. The fourth-order valence-electron chi connectivity index (χ4n) is 3.26. The minimum absolute atomic E-state index is 0.0616. The van der Waals surface area contributed by atoms with Crippen LogP contribution in [-0.2, 0) is 11.3 Å². The lowest BCUT2D eigenvalue weighted by atomic mass is 10.2. The number of thioether (sulfide) groups is 1. The second-order valence-corrected chi connectivity index (χ2v) is 8.29. The molecule has 1 aromatic heterocycles. The van der Waals surface area contributed by atoms with Gasteiger partial charge in [0.05, 0.1) is 17.2 Å². The number of hydrogen-bond acceptors (Lipinski definition) is 5. The van der Waals surface area contributed by atoms with Crippen LogP contribution < -0.4 is 10.7 Å². The van der Waals surface area contributed by atoms with Gasteiger partial charge in [-0.2, -0.15) is 0 Å². The lowest BCUT2D eigenvalue weighted by Crippen LogP contribution is -2.34. The quantitative estimate of drug-likeness (QED) is 0.596. The minimum Gasteiger partial charge on any atom is -0.408 e. The molecular weight excluding hydrogens is 410 g/mol. The zero-order chi connectivity index (χ0) is 20.4. The highest BCUT2D eigenvalue weighted by Gasteiger charge is 2.26. The maximum Gasteiger partial charge on any atom is 0.419 e. The number of rotatable bonds is 5. The Morgan fingerprint density at radius 2 is 2.03 bits per heavy atom. The number of hydrogen-bond donors (Lipinski definition) is 0. The van der Waals surface area contributed by atoms with E-state index in [2.05, 4.69) is 4.99 Å². The summed E-state index contributed by atoms with van der Waals surface area (Å²) in [5.41, 5.74) is 2.03. The molecule has 0 spiro atoms. The van der Waals surface area contributed by atoms with Crippen LogP contribution >= 0.6 is 23.4 Å². The number of carbonyl (C=O) groups is 1. The van der Waals surface area contributed by atoms with Gasteiger partial charge in [-0.15, -0.1) is 0 Å². The van der Waals surface area contributed by atoms with Gasteiger partial charge in [0.25, 0.3) is 0 Å². The standard InChI is InChI=1S/C21H20ClN3O3S/c1-14-13-29-20(23-14)25(16-10-8-15(22)9-11-16)19(26)7-4-12-24-17-5-2-3-6-18(17)28-21(24)27/h2-3,5-6,8-11,14H,4,7,12-13H2,1H3/t14-/m0/s1. The Morgan fingerprint density at radius 3 is 2.76 bits per heavy atom. The van der Waals surface area contributed by atoms with Crippen molar-refractivity contribution in [1.29, 1.82) is 0 Å². The summed E-state index contributed by atoms with van der Waals surface area (Å²) in [6.45, 7) is 2.44. The van der Waals surface area contributed by atoms with Gasteiger partial charge in [-0.05, 0) is 49.7 Å². The number of anilines is 1. The average Bonchev–Trinajstić information content (AvgIpc) is 3.26. The van der Waals surface area contributed by atoms with Crippen molar-refractivity contribution in [3.8, 4) is 0 Å². The van der Waals surface area contributed by atoms with Gasteiger partial charge in [-0.3, -0.25) is 19.3 Å². The van der Waals surface area contributed by atoms with Crippen molar-refractivity contribution in [2.75, 3.05) is 10.7 Å². The fourth-order valence-corrected chi connectivity index (χ4v) is 4.44. The van der Waals surface area contributed by atoms with E-state index in [0.29, 0.717) is 28.7 Å². The summed E-state index contributed by atoms with van der Waals surface area (Å²) >= 11 is 7.58. The van der Waals surface area contributed by atoms with Crippen LogP contribution in [0.1, 0.15) is 19.8 Å². The largest absolute Gasteiger partial charge is 0.419 e. The Kier molecular flexibility index (Phi) is 5.78. The molecule has 1 atom stereocenters. The number of oxazole rings is 1.